The van der Waals surface area contributed by atoms with E-state index in [4.69, 9.17) is 27.9 Å². The van der Waals surface area contributed by atoms with E-state index in [-0.39, 0.29) is 0 Å². The molecule has 2 nitrogen and oxygen atoms in total. The van der Waals surface area contributed by atoms with Gasteiger partial charge in [0.25, 0.3) is 0 Å². The molecule has 21 heavy (non-hydrogen) atoms. The molecule has 1 aliphatic rings. The first-order chi connectivity index (χ1) is 10.2. The maximum atomic E-state index is 6.29. The van der Waals surface area contributed by atoms with Crippen molar-refractivity contribution in [2.45, 2.75) is 25.4 Å². The quantitative estimate of drug-likeness (QED) is 0.843. The first-order valence-electron chi connectivity index (χ1n) is 7.03. The zero-order valence-corrected chi connectivity index (χ0v) is 13.3. The maximum Gasteiger partial charge on any atom is 0.123 e. The summed E-state index contributed by atoms with van der Waals surface area (Å²) in [4.78, 5) is 0. The van der Waals surface area contributed by atoms with E-state index in [2.05, 4.69) is 11.4 Å². The lowest BCUT2D eigenvalue weighted by Gasteiger charge is -2.13. The molecule has 1 saturated carbocycles. The molecule has 0 aromatic heterocycles. The van der Waals surface area contributed by atoms with Crippen LogP contribution in [-0.4, -0.2) is 13.2 Å². The first-order valence-corrected chi connectivity index (χ1v) is 7.78. The zero-order chi connectivity index (χ0) is 14.8. The third-order valence-corrected chi connectivity index (χ3v) is 4.24. The van der Waals surface area contributed by atoms with Crippen molar-refractivity contribution in [3.05, 3.63) is 52.0 Å². The van der Waals surface area contributed by atoms with E-state index in [0.717, 1.165) is 29.0 Å². The van der Waals surface area contributed by atoms with E-state index in [1.54, 1.807) is 13.2 Å². The molecule has 0 atom stereocenters. The van der Waals surface area contributed by atoms with Crippen LogP contribution in [0.2, 0.25) is 10.0 Å². The molecule has 1 N–H and O–H groups in total. The van der Waals surface area contributed by atoms with Gasteiger partial charge in [-0.15, -0.1) is 0 Å². The lowest BCUT2D eigenvalue weighted by molar-refractivity contribution is 0.407. The highest BCUT2D eigenvalue weighted by Gasteiger charge is 2.20. The Labute approximate surface area is 135 Å². The van der Waals surface area contributed by atoms with E-state index in [1.807, 2.05) is 24.3 Å². The lowest BCUT2D eigenvalue weighted by atomic mass is 10.0. The van der Waals surface area contributed by atoms with E-state index in [0.29, 0.717) is 16.1 Å². The Morgan fingerprint density at radius 1 is 1.14 bits per heavy atom. The number of rotatable bonds is 5. The third kappa shape index (κ3) is 3.52. The number of ether oxygens (including phenoxy) is 1. The minimum atomic E-state index is 0.660. The Kier molecular flexibility index (Phi) is 4.39. The van der Waals surface area contributed by atoms with Crippen molar-refractivity contribution in [2.24, 2.45) is 0 Å². The fourth-order valence-corrected chi connectivity index (χ4v) is 2.74. The monoisotopic (exact) mass is 321 g/mol. The average molecular weight is 322 g/mol. The number of methoxy groups -OCH3 is 1. The number of hydrogen-bond acceptors (Lipinski definition) is 2. The van der Waals surface area contributed by atoms with Crippen LogP contribution in [0.1, 0.15) is 18.4 Å². The van der Waals surface area contributed by atoms with Crippen molar-refractivity contribution < 1.29 is 4.74 Å². The normalized spacial score (nSPS) is 14.2. The highest BCUT2D eigenvalue weighted by atomic mass is 35.5. The van der Waals surface area contributed by atoms with Crippen LogP contribution in [-0.2, 0) is 6.54 Å². The Morgan fingerprint density at radius 3 is 2.67 bits per heavy atom. The van der Waals surface area contributed by atoms with Crippen molar-refractivity contribution in [1.82, 2.24) is 5.32 Å². The van der Waals surface area contributed by atoms with Crippen LogP contribution in [0.4, 0.5) is 0 Å². The second kappa shape index (κ2) is 6.27. The molecule has 0 bridgehead atoms. The molecular weight excluding hydrogens is 305 g/mol. The number of hydrogen-bond donors (Lipinski definition) is 1. The van der Waals surface area contributed by atoms with Gasteiger partial charge in [0.05, 0.1) is 7.11 Å². The fraction of sp³-hybridized carbons (Fsp3) is 0.294. The van der Waals surface area contributed by atoms with Gasteiger partial charge in [0.15, 0.2) is 0 Å². The van der Waals surface area contributed by atoms with Gasteiger partial charge < -0.3 is 10.1 Å². The summed E-state index contributed by atoms with van der Waals surface area (Å²) in [5, 5.41) is 4.90. The SMILES string of the molecule is COc1ccc(-c2cc(Cl)ccc2Cl)cc1CNC1CC1. The van der Waals surface area contributed by atoms with Crippen LogP contribution < -0.4 is 10.1 Å². The molecule has 0 aliphatic heterocycles. The minimum Gasteiger partial charge on any atom is -0.496 e. The summed E-state index contributed by atoms with van der Waals surface area (Å²) in [5.74, 6) is 0.894. The molecule has 1 aliphatic carbocycles. The highest BCUT2D eigenvalue weighted by Crippen LogP contribution is 2.33. The summed E-state index contributed by atoms with van der Waals surface area (Å²) >= 11 is 12.4. The second-order valence-electron chi connectivity index (χ2n) is 5.31. The number of nitrogens with one attached hydrogen (secondary N) is 1. The van der Waals surface area contributed by atoms with Crippen molar-refractivity contribution in [3.8, 4) is 16.9 Å². The van der Waals surface area contributed by atoms with Gasteiger partial charge in [0.1, 0.15) is 5.75 Å². The van der Waals surface area contributed by atoms with E-state index >= 15 is 0 Å². The lowest BCUT2D eigenvalue weighted by Crippen LogP contribution is -2.15. The Bertz CT molecular complexity index is 653. The zero-order valence-electron chi connectivity index (χ0n) is 11.8. The number of benzene rings is 2. The van der Waals surface area contributed by atoms with Crippen LogP contribution in [0.25, 0.3) is 11.1 Å². The summed E-state index contributed by atoms with van der Waals surface area (Å²) in [6.07, 6.45) is 2.53. The van der Waals surface area contributed by atoms with Crippen molar-refractivity contribution >= 4 is 23.2 Å². The minimum absolute atomic E-state index is 0.660. The summed E-state index contributed by atoms with van der Waals surface area (Å²) in [6.45, 7) is 0.805. The summed E-state index contributed by atoms with van der Waals surface area (Å²) in [5.41, 5.74) is 3.13. The van der Waals surface area contributed by atoms with Crippen LogP contribution in [0.3, 0.4) is 0 Å². The third-order valence-electron chi connectivity index (χ3n) is 3.68. The first kappa shape index (κ1) is 14.7. The summed E-state index contributed by atoms with van der Waals surface area (Å²) in [6, 6.07) is 12.3. The number of halogens is 2. The topological polar surface area (TPSA) is 21.3 Å². The molecule has 3 rings (SSSR count). The Balaban J connectivity index is 1.94. The Hall–Kier alpha value is -1.22. The van der Waals surface area contributed by atoms with Crippen molar-refractivity contribution in [3.63, 3.8) is 0 Å². The molecule has 1 fully saturated rings. The van der Waals surface area contributed by atoms with Gasteiger partial charge in [0, 0.05) is 33.8 Å². The summed E-state index contributed by atoms with van der Waals surface area (Å²) < 4.78 is 5.44. The largest absolute Gasteiger partial charge is 0.496 e. The van der Waals surface area contributed by atoms with E-state index in [1.165, 1.54) is 12.8 Å². The molecule has 2 aromatic carbocycles. The molecular formula is C17H17Cl2NO. The van der Waals surface area contributed by atoms with Crippen LogP contribution in [0, 0.1) is 0 Å². The van der Waals surface area contributed by atoms with Crippen LogP contribution in [0.15, 0.2) is 36.4 Å². The molecule has 0 saturated heterocycles. The molecule has 110 valence electrons. The maximum absolute atomic E-state index is 6.29. The molecule has 4 heteroatoms. The molecule has 0 radical (unpaired) electrons. The smallest absolute Gasteiger partial charge is 0.123 e. The van der Waals surface area contributed by atoms with Crippen molar-refractivity contribution in [2.75, 3.05) is 7.11 Å². The van der Waals surface area contributed by atoms with Crippen LogP contribution >= 0.6 is 23.2 Å². The van der Waals surface area contributed by atoms with Gasteiger partial charge in [0.2, 0.25) is 0 Å². The van der Waals surface area contributed by atoms with E-state index in [9.17, 15) is 0 Å². The van der Waals surface area contributed by atoms with Gasteiger partial charge in [-0.3, -0.25) is 0 Å². The Morgan fingerprint density at radius 2 is 1.95 bits per heavy atom. The van der Waals surface area contributed by atoms with Gasteiger partial charge in [-0.05, 0) is 48.7 Å². The van der Waals surface area contributed by atoms with Gasteiger partial charge in [-0.2, -0.15) is 0 Å². The van der Waals surface area contributed by atoms with Gasteiger partial charge >= 0.3 is 0 Å². The fourth-order valence-electron chi connectivity index (χ4n) is 2.34. The average Bonchev–Trinajstić information content (AvgIpc) is 3.31. The van der Waals surface area contributed by atoms with E-state index < -0.39 is 0 Å². The standard InChI is InChI=1S/C17H17Cl2NO/c1-21-17-7-2-11(8-12(17)10-20-14-4-5-14)15-9-13(18)3-6-16(15)19/h2-3,6-9,14,20H,4-5,10H2,1H3. The van der Waals surface area contributed by atoms with Crippen LogP contribution in [0.5, 0.6) is 5.75 Å². The molecule has 2 aromatic rings. The predicted octanol–water partition coefficient (Wildman–Crippen LogP) is 4.92. The second-order valence-corrected chi connectivity index (χ2v) is 6.15. The molecule has 0 spiro atoms. The molecule has 0 heterocycles. The summed E-state index contributed by atoms with van der Waals surface area (Å²) in [7, 11) is 1.70. The van der Waals surface area contributed by atoms with Gasteiger partial charge in [-0.1, -0.05) is 29.3 Å². The highest BCUT2D eigenvalue weighted by molar-refractivity contribution is 6.35. The van der Waals surface area contributed by atoms with Gasteiger partial charge in [-0.25, -0.2) is 0 Å². The molecule has 0 amide bonds. The predicted molar refractivity (Wildman–Crippen MR) is 88.3 cm³/mol. The molecule has 0 unspecified atom stereocenters. The van der Waals surface area contributed by atoms with Crippen molar-refractivity contribution in [1.29, 1.82) is 0 Å².